The Morgan fingerprint density at radius 1 is 1.08 bits per heavy atom. The first kappa shape index (κ1) is 25.4. The molecule has 1 heterocycles. The summed E-state index contributed by atoms with van der Waals surface area (Å²) >= 11 is 1.13. The Morgan fingerprint density at radius 2 is 1.78 bits per heavy atom. The molecule has 9 heteroatoms. The number of non-ortho nitro benzene ring substituents is 1. The second-order valence-electron chi connectivity index (χ2n) is 8.09. The number of nitriles is 1. The number of anilines is 1. The maximum Gasteiger partial charge on any atom is 0.271 e. The number of nitro benzene ring substituents is 1. The van der Waals surface area contributed by atoms with Gasteiger partial charge in [-0.05, 0) is 36.8 Å². The number of nitro groups is 1. The quantitative estimate of drug-likeness (QED) is 0.169. The van der Waals surface area contributed by atoms with Gasteiger partial charge in [-0.15, -0.1) is 0 Å². The molecule has 184 valence electrons. The number of aryl methyl sites for hydroxylation is 1. The zero-order chi connectivity index (χ0) is 26.4. The molecular formula is C28H22N4O4S. The largest absolute Gasteiger partial charge is 0.497 e. The monoisotopic (exact) mass is 510 g/mol. The highest BCUT2D eigenvalue weighted by molar-refractivity contribution is 8.00. The van der Waals surface area contributed by atoms with Gasteiger partial charge in [0.2, 0.25) is 5.91 Å². The van der Waals surface area contributed by atoms with Crippen LogP contribution in [-0.2, 0) is 4.79 Å². The van der Waals surface area contributed by atoms with Crippen LogP contribution in [0.3, 0.4) is 0 Å². The van der Waals surface area contributed by atoms with Crippen LogP contribution in [0.2, 0.25) is 0 Å². The summed E-state index contributed by atoms with van der Waals surface area (Å²) in [5.41, 5.74) is 4.73. The number of carbonyl (C=O) groups excluding carboxylic acids is 1. The Morgan fingerprint density at radius 3 is 2.43 bits per heavy atom. The van der Waals surface area contributed by atoms with Crippen molar-refractivity contribution in [3.8, 4) is 34.2 Å². The molecule has 1 N–H and O–H groups in total. The fraction of sp³-hybridized carbons (Fsp3) is 0.107. The Labute approximate surface area is 218 Å². The number of methoxy groups -OCH3 is 1. The lowest BCUT2D eigenvalue weighted by Gasteiger charge is -2.13. The molecule has 0 aliphatic heterocycles. The van der Waals surface area contributed by atoms with E-state index in [0.29, 0.717) is 33.3 Å². The maximum atomic E-state index is 12.7. The number of rotatable bonds is 8. The van der Waals surface area contributed by atoms with Crippen molar-refractivity contribution in [1.29, 1.82) is 5.26 Å². The summed E-state index contributed by atoms with van der Waals surface area (Å²) in [6.07, 6.45) is 0. The van der Waals surface area contributed by atoms with E-state index >= 15 is 0 Å². The van der Waals surface area contributed by atoms with Gasteiger partial charge in [0.25, 0.3) is 5.69 Å². The van der Waals surface area contributed by atoms with Crippen molar-refractivity contribution in [3.05, 3.63) is 100 Å². The van der Waals surface area contributed by atoms with Crippen LogP contribution >= 0.6 is 11.8 Å². The molecule has 0 fully saturated rings. The lowest BCUT2D eigenvalue weighted by molar-refractivity contribution is -0.384. The number of benzene rings is 3. The molecule has 1 aromatic heterocycles. The third-order valence-corrected chi connectivity index (χ3v) is 6.50. The molecule has 3 aromatic carbocycles. The summed E-state index contributed by atoms with van der Waals surface area (Å²) < 4.78 is 5.26. The standard InChI is InChI=1S/C28H22N4O4S/c1-18-6-8-20(9-7-18)26-15-24(19-10-12-23(36-2)13-11-19)25(16-29)28(31-26)37-17-27(33)30-21-4-3-5-22(14-21)32(34)35/h3-15H,17H2,1-2H3,(H,30,33). The number of amides is 1. The van der Waals surface area contributed by atoms with Crippen LogP contribution in [0.1, 0.15) is 11.1 Å². The lowest BCUT2D eigenvalue weighted by Crippen LogP contribution is -2.14. The van der Waals surface area contributed by atoms with Crippen molar-refractivity contribution >= 4 is 29.0 Å². The molecule has 0 radical (unpaired) electrons. The van der Waals surface area contributed by atoms with E-state index in [0.717, 1.165) is 28.5 Å². The van der Waals surface area contributed by atoms with E-state index in [1.54, 1.807) is 13.2 Å². The number of hydrogen-bond donors (Lipinski definition) is 1. The van der Waals surface area contributed by atoms with Gasteiger partial charge in [0.1, 0.15) is 16.8 Å². The Balaban J connectivity index is 1.67. The van der Waals surface area contributed by atoms with E-state index in [1.807, 2.05) is 61.5 Å². The van der Waals surface area contributed by atoms with Crippen LogP contribution < -0.4 is 10.1 Å². The summed E-state index contributed by atoms with van der Waals surface area (Å²) in [6, 6.07) is 25.1. The van der Waals surface area contributed by atoms with E-state index in [-0.39, 0.29) is 17.3 Å². The molecule has 0 spiro atoms. The van der Waals surface area contributed by atoms with E-state index in [9.17, 15) is 20.2 Å². The molecule has 0 aliphatic rings. The van der Waals surface area contributed by atoms with Crippen LogP contribution in [0.25, 0.3) is 22.4 Å². The number of nitrogens with one attached hydrogen (secondary N) is 1. The number of pyridine rings is 1. The predicted octanol–water partition coefficient (Wildman–Crippen LogP) is 6.24. The number of ether oxygens (including phenoxy) is 1. The molecule has 0 saturated carbocycles. The van der Waals surface area contributed by atoms with Crippen molar-refractivity contribution in [2.75, 3.05) is 18.2 Å². The first-order chi connectivity index (χ1) is 17.9. The van der Waals surface area contributed by atoms with Crippen LogP contribution in [0, 0.1) is 28.4 Å². The summed E-state index contributed by atoms with van der Waals surface area (Å²) in [5, 5.41) is 24.1. The Bertz CT molecular complexity index is 1500. The minimum absolute atomic E-state index is 0.0379. The molecule has 0 atom stereocenters. The molecule has 0 aliphatic carbocycles. The van der Waals surface area contributed by atoms with Crippen molar-refractivity contribution in [2.45, 2.75) is 11.9 Å². The van der Waals surface area contributed by atoms with Crippen molar-refractivity contribution in [1.82, 2.24) is 4.98 Å². The van der Waals surface area contributed by atoms with Crippen LogP contribution in [0.5, 0.6) is 5.75 Å². The second-order valence-corrected chi connectivity index (χ2v) is 9.05. The van der Waals surface area contributed by atoms with Gasteiger partial charge in [-0.2, -0.15) is 5.26 Å². The number of nitrogens with zero attached hydrogens (tertiary/aromatic N) is 3. The van der Waals surface area contributed by atoms with Gasteiger partial charge < -0.3 is 10.1 Å². The number of hydrogen-bond acceptors (Lipinski definition) is 7. The molecule has 0 bridgehead atoms. The molecular weight excluding hydrogens is 488 g/mol. The molecule has 1 amide bonds. The average Bonchev–Trinajstić information content (AvgIpc) is 2.92. The van der Waals surface area contributed by atoms with Gasteiger partial charge in [0, 0.05) is 28.9 Å². The minimum atomic E-state index is -0.523. The first-order valence-electron chi connectivity index (χ1n) is 11.2. The first-order valence-corrected chi connectivity index (χ1v) is 12.2. The number of aromatic nitrogens is 1. The Hall–Kier alpha value is -4.68. The molecule has 4 aromatic rings. The molecule has 0 unspecified atom stereocenters. The summed E-state index contributed by atoms with van der Waals surface area (Å²) in [4.78, 5) is 27.9. The van der Waals surface area contributed by atoms with Crippen molar-refractivity contribution < 1.29 is 14.5 Å². The molecule has 8 nitrogen and oxygen atoms in total. The second kappa shape index (κ2) is 11.4. The number of carbonyl (C=O) groups is 1. The van der Waals surface area contributed by atoms with Gasteiger partial charge in [-0.3, -0.25) is 14.9 Å². The van der Waals surface area contributed by atoms with Crippen LogP contribution in [-0.4, -0.2) is 28.7 Å². The van der Waals surface area contributed by atoms with Gasteiger partial charge in [0.15, 0.2) is 0 Å². The molecule has 4 rings (SSSR count). The molecule has 0 saturated heterocycles. The maximum absolute atomic E-state index is 12.7. The van der Waals surface area contributed by atoms with Crippen molar-refractivity contribution in [3.63, 3.8) is 0 Å². The van der Waals surface area contributed by atoms with Gasteiger partial charge in [-0.1, -0.05) is 59.8 Å². The fourth-order valence-electron chi connectivity index (χ4n) is 3.63. The normalized spacial score (nSPS) is 10.4. The predicted molar refractivity (Wildman–Crippen MR) is 144 cm³/mol. The van der Waals surface area contributed by atoms with E-state index < -0.39 is 4.92 Å². The van der Waals surface area contributed by atoms with Crippen LogP contribution in [0.4, 0.5) is 11.4 Å². The van der Waals surface area contributed by atoms with Gasteiger partial charge >= 0.3 is 0 Å². The van der Waals surface area contributed by atoms with Gasteiger partial charge in [0.05, 0.1) is 29.0 Å². The third kappa shape index (κ3) is 6.12. The Kier molecular flexibility index (Phi) is 7.81. The lowest BCUT2D eigenvalue weighted by atomic mass is 9.99. The highest BCUT2D eigenvalue weighted by Gasteiger charge is 2.18. The average molecular weight is 511 g/mol. The highest BCUT2D eigenvalue weighted by Crippen LogP contribution is 2.35. The topological polar surface area (TPSA) is 118 Å². The fourth-order valence-corrected chi connectivity index (χ4v) is 4.44. The zero-order valence-electron chi connectivity index (χ0n) is 20.1. The smallest absolute Gasteiger partial charge is 0.271 e. The van der Waals surface area contributed by atoms with Crippen LogP contribution in [0.15, 0.2) is 83.9 Å². The zero-order valence-corrected chi connectivity index (χ0v) is 20.9. The SMILES string of the molecule is COc1ccc(-c2cc(-c3ccc(C)cc3)nc(SCC(=O)Nc3cccc([N+](=O)[O-])c3)c2C#N)cc1. The summed E-state index contributed by atoms with van der Waals surface area (Å²) in [7, 11) is 1.59. The van der Waals surface area contributed by atoms with Crippen molar-refractivity contribution in [2.24, 2.45) is 0 Å². The van der Waals surface area contributed by atoms with E-state index in [1.165, 1.54) is 18.2 Å². The third-order valence-electron chi connectivity index (χ3n) is 5.53. The van der Waals surface area contributed by atoms with Gasteiger partial charge in [-0.25, -0.2) is 4.98 Å². The number of thioether (sulfide) groups is 1. The van der Waals surface area contributed by atoms with E-state index in [2.05, 4.69) is 11.4 Å². The van der Waals surface area contributed by atoms with E-state index in [4.69, 9.17) is 9.72 Å². The minimum Gasteiger partial charge on any atom is -0.497 e. The summed E-state index contributed by atoms with van der Waals surface area (Å²) in [6.45, 7) is 2.00. The molecule has 37 heavy (non-hydrogen) atoms. The highest BCUT2D eigenvalue weighted by atomic mass is 32.2. The summed E-state index contributed by atoms with van der Waals surface area (Å²) in [5.74, 6) is 0.287.